The van der Waals surface area contributed by atoms with Crippen LogP contribution >= 0.6 is 0 Å². The van der Waals surface area contributed by atoms with Crippen molar-refractivity contribution in [2.24, 2.45) is 17.3 Å². The Labute approximate surface area is 162 Å². The topological polar surface area (TPSA) is 67.2 Å². The fourth-order valence-electron chi connectivity index (χ4n) is 5.47. The second-order valence-electron chi connectivity index (χ2n) is 8.18. The van der Waals surface area contributed by atoms with E-state index in [1.165, 1.54) is 17.2 Å². The summed E-state index contributed by atoms with van der Waals surface area (Å²) in [6.07, 6.45) is 5.06. The summed E-state index contributed by atoms with van der Waals surface area (Å²) < 4.78 is 65.9. The largest absolute Gasteiger partial charge is 0.534 e. The summed E-state index contributed by atoms with van der Waals surface area (Å²) in [4.78, 5) is 0. The molecule has 4 atom stereocenters. The van der Waals surface area contributed by atoms with Crippen LogP contribution < -0.4 is 0 Å². The van der Waals surface area contributed by atoms with Crippen molar-refractivity contribution in [2.45, 2.75) is 50.5 Å². The number of hydrogen-bond acceptors (Lipinski definition) is 4. The average molecular weight is 411 g/mol. The molecule has 1 aromatic rings. The molecule has 150 valence electrons. The minimum atomic E-state index is -5.65. The highest BCUT2D eigenvalue weighted by molar-refractivity contribution is 7.87. The van der Waals surface area contributed by atoms with Crippen LogP contribution in [0, 0.1) is 28.6 Å². The van der Waals surface area contributed by atoms with Crippen LogP contribution in [-0.4, -0.2) is 13.9 Å². The Morgan fingerprint density at radius 2 is 2.04 bits per heavy atom. The molecule has 0 spiro atoms. The molecular formula is C20H20F3NO3S. The fraction of sp³-hybridized carbons (Fsp3) is 0.550. The molecule has 0 N–H and O–H groups in total. The Morgan fingerprint density at radius 1 is 1.29 bits per heavy atom. The van der Waals surface area contributed by atoms with E-state index in [0.717, 1.165) is 19.3 Å². The van der Waals surface area contributed by atoms with Gasteiger partial charge in [-0.25, -0.2) is 0 Å². The molecule has 3 unspecified atom stereocenters. The molecule has 0 aliphatic heterocycles. The van der Waals surface area contributed by atoms with Gasteiger partial charge in [0, 0.05) is 5.41 Å². The minimum absolute atomic E-state index is 0.0495. The second kappa shape index (κ2) is 6.24. The monoisotopic (exact) mass is 411 g/mol. The van der Waals surface area contributed by atoms with Gasteiger partial charge in [-0.3, -0.25) is 0 Å². The number of rotatable bonds is 2. The third-order valence-electron chi connectivity index (χ3n) is 6.85. The van der Waals surface area contributed by atoms with Gasteiger partial charge in [0.05, 0.1) is 11.6 Å². The minimum Gasteiger partial charge on any atom is -0.380 e. The number of hydrogen-bond donors (Lipinski definition) is 0. The summed E-state index contributed by atoms with van der Waals surface area (Å²) >= 11 is 0. The van der Waals surface area contributed by atoms with Gasteiger partial charge in [0.1, 0.15) is 5.76 Å². The van der Waals surface area contributed by atoms with Crippen LogP contribution in [0.3, 0.4) is 0 Å². The molecule has 3 aliphatic carbocycles. The summed E-state index contributed by atoms with van der Waals surface area (Å²) in [6.45, 7) is 1.83. The SMILES string of the molecule is C[C@]12CCC3c4ccc(C#N)cc4CCC3C1CC=C2OS(=O)(=O)C(F)(F)F. The molecule has 0 heterocycles. The van der Waals surface area contributed by atoms with Crippen molar-refractivity contribution in [3.63, 3.8) is 0 Å². The van der Waals surface area contributed by atoms with E-state index in [0.29, 0.717) is 18.4 Å². The summed E-state index contributed by atoms with van der Waals surface area (Å²) in [6, 6.07) is 7.90. The number of allylic oxidation sites excluding steroid dienone is 2. The molecule has 1 fully saturated rings. The zero-order valence-electron chi connectivity index (χ0n) is 15.3. The average Bonchev–Trinajstić information content (AvgIpc) is 2.96. The Bertz CT molecular complexity index is 993. The molecule has 4 rings (SSSR count). The smallest absolute Gasteiger partial charge is 0.380 e. The molecule has 1 aromatic carbocycles. The van der Waals surface area contributed by atoms with Crippen LogP contribution in [-0.2, 0) is 20.7 Å². The Balaban J connectivity index is 1.61. The number of aryl methyl sites for hydroxylation is 1. The van der Waals surface area contributed by atoms with E-state index in [2.05, 4.69) is 10.3 Å². The number of nitrogens with zero attached hydrogens (tertiary/aromatic N) is 1. The maximum absolute atomic E-state index is 12.8. The summed E-state index contributed by atoms with van der Waals surface area (Å²) in [5, 5.41) is 9.11. The zero-order valence-corrected chi connectivity index (χ0v) is 16.1. The molecule has 0 amide bonds. The molecule has 0 saturated heterocycles. The van der Waals surface area contributed by atoms with E-state index in [4.69, 9.17) is 5.26 Å². The van der Waals surface area contributed by atoms with Crippen LogP contribution in [0.4, 0.5) is 13.2 Å². The Morgan fingerprint density at radius 3 is 2.71 bits per heavy atom. The number of nitriles is 1. The summed E-state index contributed by atoms with van der Waals surface area (Å²) in [5.41, 5.74) is -3.11. The van der Waals surface area contributed by atoms with Gasteiger partial charge in [0.2, 0.25) is 0 Å². The van der Waals surface area contributed by atoms with Crippen LogP contribution in [0.15, 0.2) is 30.0 Å². The summed E-state index contributed by atoms with van der Waals surface area (Å²) in [5.74, 6) is 0.527. The van der Waals surface area contributed by atoms with Gasteiger partial charge >= 0.3 is 15.6 Å². The van der Waals surface area contributed by atoms with Crippen LogP contribution in [0.5, 0.6) is 0 Å². The third kappa shape index (κ3) is 2.83. The number of alkyl halides is 3. The van der Waals surface area contributed by atoms with E-state index >= 15 is 0 Å². The lowest BCUT2D eigenvalue weighted by Crippen LogP contribution is -2.42. The molecule has 0 bridgehead atoms. The molecule has 8 heteroatoms. The molecule has 1 saturated carbocycles. The first-order valence-corrected chi connectivity index (χ1v) is 10.7. The van der Waals surface area contributed by atoms with Gasteiger partial charge in [0.15, 0.2) is 0 Å². The van der Waals surface area contributed by atoms with Crippen molar-refractivity contribution >= 4 is 10.1 Å². The first kappa shape index (κ1) is 19.3. The molecule has 0 aromatic heterocycles. The van der Waals surface area contributed by atoms with Gasteiger partial charge < -0.3 is 4.18 Å². The normalized spacial score (nSPS) is 31.8. The summed E-state index contributed by atoms with van der Waals surface area (Å²) in [7, 11) is -5.65. The van der Waals surface area contributed by atoms with Crippen LogP contribution in [0.1, 0.15) is 55.2 Å². The van der Waals surface area contributed by atoms with E-state index in [1.54, 1.807) is 0 Å². The highest BCUT2D eigenvalue weighted by atomic mass is 32.2. The number of benzene rings is 1. The van der Waals surface area contributed by atoms with Crippen LogP contribution in [0.2, 0.25) is 0 Å². The van der Waals surface area contributed by atoms with Crippen molar-refractivity contribution in [1.82, 2.24) is 0 Å². The quantitative estimate of drug-likeness (QED) is 0.519. The molecular weight excluding hydrogens is 391 g/mol. The van der Waals surface area contributed by atoms with Gasteiger partial charge in [-0.15, -0.1) is 0 Å². The molecule has 0 radical (unpaired) electrons. The predicted octanol–water partition coefficient (Wildman–Crippen LogP) is 4.77. The van der Waals surface area contributed by atoms with Gasteiger partial charge in [-0.2, -0.15) is 26.9 Å². The third-order valence-corrected chi connectivity index (χ3v) is 7.81. The van der Waals surface area contributed by atoms with Crippen molar-refractivity contribution in [1.29, 1.82) is 5.26 Å². The highest BCUT2D eigenvalue weighted by Gasteiger charge is 2.56. The van der Waals surface area contributed by atoms with E-state index < -0.39 is 21.0 Å². The maximum atomic E-state index is 12.8. The van der Waals surface area contributed by atoms with E-state index in [1.807, 2.05) is 25.1 Å². The van der Waals surface area contributed by atoms with Gasteiger partial charge in [-0.05, 0) is 79.2 Å². The lowest BCUT2D eigenvalue weighted by Gasteiger charge is -2.49. The van der Waals surface area contributed by atoms with Crippen molar-refractivity contribution in [2.75, 3.05) is 0 Å². The van der Waals surface area contributed by atoms with Crippen molar-refractivity contribution < 1.29 is 25.8 Å². The first-order valence-electron chi connectivity index (χ1n) is 9.31. The Kier molecular flexibility index (Phi) is 4.31. The lowest BCUT2D eigenvalue weighted by atomic mass is 9.55. The fourth-order valence-corrected chi connectivity index (χ4v) is 6.06. The van der Waals surface area contributed by atoms with E-state index in [-0.39, 0.29) is 23.5 Å². The van der Waals surface area contributed by atoms with Crippen LogP contribution in [0.25, 0.3) is 0 Å². The molecule has 3 aliphatic rings. The highest BCUT2D eigenvalue weighted by Crippen LogP contribution is 2.61. The second-order valence-corrected chi connectivity index (χ2v) is 9.72. The molecule has 4 nitrogen and oxygen atoms in total. The lowest BCUT2D eigenvalue weighted by molar-refractivity contribution is -0.0544. The van der Waals surface area contributed by atoms with Crippen molar-refractivity contribution in [3.8, 4) is 6.07 Å². The molecule has 28 heavy (non-hydrogen) atoms. The standard InChI is InChI=1S/C20H20F3NO3S/c1-19-9-8-15-14-4-2-12(11-24)10-13(14)3-5-16(15)17(19)6-7-18(19)27-28(25,26)20(21,22)23/h2,4,7,10,15-17H,3,5-6,8-9H2,1H3/t15?,16?,17?,19-/m0/s1. The Hall–Kier alpha value is -2.01. The number of fused-ring (bicyclic) bond motifs is 5. The maximum Gasteiger partial charge on any atom is 0.534 e. The zero-order chi connectivity index (χ0) is 20.3. The van der Waals surface area contributed by atoms with Gasteiger partial charge in [-0.1, -0.05) is 13.0 Å². The first-order chi connectivity index (χ1) is 13.1. The predicted molar refractivity (Wildman–Crippen MR) is 95.3 cm³/mol. The van der Waals surface area contributed by atoms with Gasteiger partial charge in [0.25, 0.3) is 0 Å². The van der Waals surface area contributed by atoms with E-state index in [9.17, 15) is 21.6 Å². The van der Waals surface area contributed by atoms with Crippen molar-refractivity contribution in [3.05, 3.63) is 46.7 Å². The number of halogens is 3.